The van der Waals surface area contributed by atoms with Crippen LogP contribution in [0.15, 0.2) is 66.9 Å². The first-order chi connectivity index (χ1) is 16.9. The highest BCUT2D eigenvalue weighted by molar-refractivity contribution is 5.67. The smallest absolute Gasteiger partial charge is 0.417 e. The molecular formula is C26H25F3N2O4. The Morgan fingerprint density at radius 3 is 2.69 bits per heavy atom. The highest BCUT2D eigenvalue weighted by atomic mass is 19.4. The van der Waals surface area contributed by atoms with Crippen molar-refractivity contribution in [1.29, 1.82) is 0 Å². The Labute approximate surface area is 201 Å². The molecule has 0 bridgehead atoms. The Kier molecular flexibility index (Phi) is 7.74. The Morgan fingerprint density at radius 1 is 1.11 bits per heavy atom. The van der Waals surface area contributed by atoms with E-state index in [0.717, 1.165) is 42.7 Å². The molecule has 0 spiro atoms. The van der Waals surface area contributed by atoms with Crippen molar-refractivity contribution in [2.24, 2.45) is 0 Å². The molecule has 1 atom stereocenters. The van der Waals surface area contributed by atoms with Crippen molar-refractivity contribution in [2.75, 3.05) is 13.2 Å². The third-order valence-electron chi connectivity index (χ3n) is 5.65. The highest BCUT2D eigenvalue weighted by Crippen LogP contribution is 2.39. The van der Waals surface area contributed by atoms with Crippen molar-refractivity contribution < 1.29 is 32.2 Å². The SMILES string of the molecule is O=C(NCCCC1CCOc2cc(Oc3ccc(C(F)(F)F)cn3)ccc21)OCc1ccccc1. The summed E-state index contributed by atoms with van der Waals surface area (Å²) in [4.78, 5) is 15.6. The molecular weight excluding hydrogens is 461 g/mol. The zero-order chi connectivity index (χ0) is 24.7. The zero-order valence-corrected chi connectivity index (χ0v) is 18.9. The van der Waals surface area contributed by atoms with E-state index < -0.39 is 17.8 Å². The number of alkyl halides is 3. The number of fused-ring (bicyclic) bond motifs is 1. The molecule has 35 heavy (non-hydrogen) atoms. The van der Waals surface area contributed by atoms with Gasteiger partial charge in [0.2, 0.25) is 5.88 Å². The number of halogens is 3. The predicted octanol–water partition coefficient (Wildman–Crippen LogP) is 6.47. The van der Waals surface area contributed by atoms with Gasteiger partial charge in [0.1, 0.15) is 18.1 Å². The maximum Gasteiger partial charge on any atom is 0.417 e. The quantitative estimate of drug-likeness (QED) is 0.370. The summed E-state index contributed by atoms with van der Waals surface area (Å²) in [5.74, 6) is 1.44. The molecule has 9 heteroatoms. The second kappa shape index (κ2) is 11.1. The van der Waals surface area contributed by atoms with E-state index in [-0.39, 0.29) is 18.4 Å². The number of pyridine rings is 1. The number of alkyl carbamates (subject to hydrolysis) is 1. The predicted molar refractivity (Wildman–Crippen MR) is 122 cm³/mol. The number of nitrogens with zero attached hydrogens (tertiary/aromatic N) is 1. The Morgan fingerprint density at radius 2 is 1.94 bits per heavy atom. The number of carbonyl (C=O) groups excluding carboxylic acids is 1. The van der Waals surface area contributed by atoms with Crippen molar-refractivity contribution in [3.8, 4) is 17.4 Å². The van der Waals surface area contributed by atoms with Crippen LogP contribution in [-0.2, 0) is 17.5 Å². The summed E-state index contributed by atoms with van der Waals surface area (Å²) in [6, 6.07) is 17.0. The van der Waals surface area contributed by atoms with Crippen LogP contribution >= 0.6 is 0 Å². The van der Waals surface area contributed by atoms with E-state index in [1.807, 2.05) is 36.4 Å². The number of hydrogen-bond donors (Lipinski definition) is 1. The minimum Gasteiger partial charge on any atom is -0.493 e. The van der Waals surface area contributed by atoms with Gasteiger partial charge in [0, 0.05) is 24.9 Å². The zero-order valence-electron chi connectivity index (χ0n) is 18.9. The summed E-state index contributed by atoms with van der Waals surface area (Å²) in [6.07, 6.45) is -1.66. The Bertz CT molecular complexity index is 1120. The first kappa shape index (κ1) is 24.4. The molecule has 1 unspecified atom stereocenters. The van der Waals surface area contributed by atoms with E-state index in [9.17, 15) is 18.0 Å². The summed E-state index contributed by atoms with van der Waals surface area (Å²) in [6.45, 7) is 1.28. The van der Waals surface area contributed by atoms with E-state index in [0.29, 0.717) is 24.7 Å². The van der Waals surface area contributed by atoms with Crippen LogP contribution in [0.3, 0.4) is 0 Å². The molecule has 6 nitrogen and oxygen atoms in total. The summed E-state index contributed by atoms with van der Waals surface area (Å²) in [5.41, 5.74) is 1.13. The monoisotopic (exact) mass is 486 g/mol. The van der Waals surface area contributed by atoms with E-state index in [1.54, 1.807) is 12.1 Å². The van der Waals surface area contributed by atoms with Crippen LogP contribution in [0.4, 0.5) is 18.0 Å². The average Bonchev–Trinajstić information content (AvgIpc) is 2.86. The van der Waals surface area contributed by atoms with E-state index >= 15 is 0 Å². The fourth-order valence-corrected chi connectivity index (χ4v) is 3.85. The van der Waals surface area contributed by atoms with Crippen LogP contribution in [0.5, 0.6) is 17.4 Å². The number of rotatable bonds is 8. The Hall–Kier alpha value is -3.75. The van der Waals surface area contributed by atoms with E-state index in [4.69, 9.17) is 14.2 Å². The van der Waals surface area contributed by atoms with Gasteiger partial charge in [-0.3, -0.25) is 0 Å². The van der Waals surface area contributed by atoms with Gasteiger partial charge < -0.3 is 19.5 Å². The first-order valence-corrected chi connectivity index (χ1v) is 11.3. The van der Waals surface area contributed by atoms with Crippen LogP contribution < -0.4 is 14.8 Å². The maximum absolute atomic E-state index is 12.7. The molecule has 1 N–H and O–H groups in total. The molecule has 2 aromatic carbocycles. The largest absolute Gasteiger partial charge is 0.493 e. The number of hydrogen-bond acceptors (Lipinski definition) is 5. The molecule has 0 aliphatic carbocycles. The second-order valence-electron chi connectivity index (χ2n) is 8.15. The van der Waals surface area contributed by atoms with E-state index in [2.05, 4.69) is 10.3 Å². The van der Waals surface area contributed by atoms with E-state index in [1.165, 1.54) is 6.07 Å². The summed E-state index contributed by atoms with van der Waals surface area (Å²) in [7, 11) is 0. The molecule has 0 fully saturated rings. The molecule has 4 rings (SSSR count). The lowest BCUT2D eigenvalue weighted by atomic mass is 9.89. The normalized spacial score (nSPS) is 15.0. The number of amides is 1. The molecule has 1 aromatic heterocycles. The van der Waals surface area contributed by atoms with Gasteiger partial charge >= 0.3 is 12.3 Å². The molecule has 1 aliphatic heterocycles. The van der Waals surface area contributed by atoms with Gasteiger partial charge in [0.05, 0.1) is 12.2 Å². The summed E-state index contributed by atoms with van der Waals surface area (Å²) < 4.78 is 54.7. The number of ether oxygens (including phenoxy) is 3. The number of nitrogens with one attached hydrogen (secondary N) is 1. The van der Waals surface area contributed by atoms with Gasteiger partial charge in [-0.2, -0.15) is 13.2 Å². The number of benzene rings is 2. The molecule has 0 radical (unpaired) electrons. The molecule has 3 aromatic rings. The van der Waals surface area contributed by atoms with Crippen molar-refractivity contribution in [3.63, 3.8) is 0 Å². The van der Waals surface area contributed by atoms with Crippen LogP contribution in [-0.4, -0.2) is 24.2 Å². The van der Waals surface area contributed by atoms with Gasteiger partial charge in [0.25, 0.3) is 0 Å². The van der Waals surface area contributed by atoms with Crippen LogP contribution in [0.25, 0.3) is 0 Å². The van der Waals surface area contributed by atoms with Crippen molar-refractivity contribution in [3.05, 3.63) is 83.6 Å². The van der Waals surface area contributed by atoms with Gasteiger partial charge in [-0.25, -0.2) is 9.78 Å². The Balaban J connectivity index is 1.25. The first-order valence-electron chi connectivity index (χ1n) is 11.3. The highest BCUT2D eigenvalue weighted by Gasteiger charge is 2.30. The van der Waals surface area contributed by atoms with Crippen LogP contribution in [0.2, 0.25) is 0 Å². The average molecular weight is 486 g/mol. The van der Waals surface area contributed by atoms with Crippen LogP contribution in [0, 0.1) is 0 Å². The van der Waals surface area contributed by atoms with Gasteiger partial charge in [-0.15, -0.1) is 0 Å². The third-order valence-corrected chi connectivity index (χ3v) is 5.65. The van der Waals surface area contributed by atoms with Crippen LogP contribution in [0.1, 0.15) is 41.9 Å². The topological polar surface area (TPSA) is 69.7 Å². The maximum atomic E-state index is 12.7. The number of carbonyl (C=O) groups is 1. The summed E-state index contributed by atoms with van der Waals surface area (Å²) >= 11 is 0. The lowest BCUT2D eigenvalue weighted by molar-refractivity contribution is -0.137. The molecule has 2 heterocycles. The molecule has 1 aliphatic rings. The van der Waals surface area contributed by atoms with Crippen molar-refractivity contribution in [2.45, 2.75) is 38.0 Å². The lowest BCUT2D eigenvalue weighted by Gasteiger charge is -2.26. The van der Waals surface area contributed by atoms with Gasteiger partial charge in [-0.1, -0.05) is 36.4 Å². The molecule has 0 saturated heterocycles. The van der Waals surface area contributed by atoms with Crippen molar-refractivity contribution >= 4 is 6.09 Å². The molecule has 1 amide bonds. The fourth-order valence-electron chi connectivity index (χ4n) is 3.85. The fraction of sp³-hybridized carbons (Fsp3) is 0.308. The lowest BCUT2D eigenvalue weighted by Crippen LogP contribution is -2.25. The molecule has 0 saturated carbocycles. The number of aromatic nitrogens is 1. The second-order valence-corrected chi connectivity index (χ2v) is 8.15. The van der Waals surface area contributed by atoms with Crippen molar-refractivity contribution in [1.82, 2.24) is 10.3 Å². The standard InChI is InChI=1S/C26H25F3N2O4/c27-26(28,29)20-8-11-24(31-16-20)35-21-9-10-22-19(12-14-33-23(22)15-21)7-4-13-30-25(32)34-17-18-5-2-1-3-6-18/h1-3,5-6,8-11,15-16,19H,4,7,12-14,17H2,(H,30,32). The molecule has 184 valence electrons. The minimum atomic E-state index is -4.45. The van der Waals surface area contributed by atoms with Gasteiger partial charge in [0.15, 0.2) is 0 Å². The van der Waals surface area contributed by atoms with Gasteiger partial charge in [-0.05, 0) is 48.4 Å². The minimum absolute atomic E-state index is 0.0653. The summed E-state index contributed by atoms with van der Waals surface area (Å²) in [5, 5.41) is 2.78. The third kappa shape index (κ3) is 6.88.